The van der Waals surface area contributed by atoms with E-state index >= 15 is 0 Å². The molecular formula is C24H25ClN4O3S. The summed E-state index contributed by atoms with van der Waals surface area (Å²) >= 11 is 7.18. The van der Waals surface area contributed by atoms with Gasteiger partial charge in [-0.3, -0.25) is 14.5 Å². The molecule has 2 aromatic carbocycles. The fourth-order valence-electron chi connectivity index (χ4n) is 3.64. The summed E-state index contributed by atoms with van der Waals surface area (Å²) in [6.07, 6.45) is 0.693. The van der Waals surface area contributed by atoms with Crippen molar-refractivity contribution >= 4 is 35.0 Å². The topological polar surface area (TPSA) is 87.3 Å². The minimum absolute atomic E-state index is 0.143. The quantitative estimate of drug-likeness (QED) is 0.369. The highest BCUT2D eigenvalue weighted by molar-refractivity contribution is 7.99. The average molecular weight is 485 g/mol. The van der Waals surface area contributed by atoms with Crippen LogP contribution >= 0.6 is 23.4 Å². The van der Waals surface area contributed by atoms with Gasteiger partial charge in [0.25, 0.3) is 5.56 Å². The van der Waals surface area contributed by atoms with E-state index in [2.05, 4.69) is 20.2 Å². The number of hydrogen-bond acceptors (Lipinski definition) is 6. The standard InChI is InChI=1S/C24H25ClN4O3S/c1-2-32-19-9-7-18(8-10-19)26-22(30)15-33-24-27-21-11-12-29(14-20(21)23(31)28-24)13-16-3-5-17(25)6-4-16/h3-10H,2,11-15H2,1H3,(H,26,30)(H,27,28,31). The van der Waals surface area contributed by atoms with Gasteiger partial charge in [0, 0.05) is 36.8 Å². The zero-order chi connectivity index (χ0) is 23.2. The number of anilines is 1. The lowest BCUT2D eigenvalue weighted by molar-refractivity contribution is -0.113. The van der Waals surface area contributed by atoms with Crippen LogP contribution in [0.3, 0.4) is 0 Å². The minimum atomic E-state index is -0.168. The van der Waals surface area contributed by atoms with Crippen molar-refractivity contribution in [3.8, 4) is 5.75 Å². The Morgan fingerprint density at radius 2 is 1.97 bits per heavy atom. The van der Waals surface area contributed by atoms with E-state index in [1.807, 2.05) is 43.3 Å². The number of carbonyl (C=O) groups is 1. The molecule has 0 aliphatic carbocycles. The number of carbonyl (C=O) groups excluding carboxylic acids is 1. The number of fused-ring (bicyclic) bond motifs is 1. The number of rotatable bonds is 8. The van der Waals surface area contributed by atoms with Crippen LogP contribution in [0.5, 0.6) is 5.75 Å². The smallest absolute Gasteiger partial charge is 0.256 e. The Morgan fingerprint density at radius 1 is 1.21 bits per heavy atom. The van der Waals surface area contributed by atoms with E-state index in [1.54, 1.807) is 12.1 Å². The fraction of sp³-hybridized carbons (Fsp3) is 0.292. The Balaban J connectivity index is 1.33. The molecule has 0 saturated heterocycles. The summed E-state index contributed by atoms with van der Waals surface area (Å²) in [5, 5.41) is 4.02. The molecule has 7 nitrogen and oxygen atoms in total. The van der Waals surface area contributed by atoms with E-state index in [0.29, 0.717) is 41.0 Å². The molecule has 2 heterocycles. The van der Waals surface area contributed by atoms with Crippen LogP contribution in [0, 0.1) is 0 Å². The second kappa shape index (κ2) is 10.9. The number of nitrogens with one attached hydrogen (secondary N) is 2. The third-order valence-corrected chi connectivity index (χ3v) is 6.36. The zero-order valence-electron chi connectivity index (χ0n) is 18.3. The lowest BCUT2D eigenvalue weighted by Crippen LogP contribution is -2.35. The lowest BCUT2D eigenvalue weighted by atomic mass is 10.1. The molecule has 0 saturated carbocycles. The molecule has 4 rings (SSSR count). The number of aromatic nitrogens is 2. The Kier molecular flexibility index (Phi) is 7.69. The Labute approximate surface area is 201 Å². The van der Waals surface area contributed by atoms with Gasteiger partial charge in [-0.15, -0.1) is 0 Å². The molecule has 0 fully saturated rings. The molecule has 1 aromatic heterocycles. The molecule has 0 spiro atoms. The Hall–Kier alpha value is -2.81. The van der Waals surface area contributed by atoms with E-state index in [-0.39, 0.29) is 17.2 Å². The summed E-state index contributed by atoms with van der Waals surface area (Å²) in [5.41, 5.74) is 3.20. The number of H-pyrrole nitrogens is 1. The normalized spacial score (nSPS) is 13.4. The highest BCUT2D eigenvalue weighted by atomic mass is 35.5. The average Bonchev–Trinajstić information content (AvgIpc) is 2.81. The van der Waals surface area contributed by atoms with Crippen LogP contribution < -0.4 is 15.6 Å². The van der Waals surface area contributed by atoms with Crippen molar-refractivity contribution in [2.45, 2.75) is 31.6 Å². The molecule has 0 radical (unpaired) electrons. The van der Waals surface area contributed by atoms with E-state index in [0.717, 1.165) is 30.1 Å². The highest BCUT2D eigenvalue weighted by Crippen LogP contribution is 2.21. The van der Waals surface area contributed by atoms with Crippen molar-refractivity contribution in [2.75, 3.05) is 24.2 Å². The molecule has 1 aliphatic rings. The van der Waals surface area contributed by atoms with Crippen molar-refractivity contribution < 1.29 is 9.53 Å². The lowest BCUT2D eigenvalue weighted by Gasteiger charge is -2.27. The summed E-state index contributed by atoms with van der Waals surface area (Å²) in [7, 11) is 0. The molecule has 172 valence electrons. The summed E-state index contributed by atoms with van der Waals surface area (Å²) in [6.45, 7) is 4.62. The van der Waals surface area contributed by atoms with Crippen LogP contribution in [0.4, 0.5) is 5.69 Å². The zero-order valence-corrected chi connectivity index (χ0v) is 19.8. The number of nitrogens with zero attached hydrogens (tertiary/aromatic N) is 2. The van der Waals surface area contributed by atoms with E-state index in [9.17, 15) is 9.59 Å². The summed E-state index contributed by atoms with van der Waals surface area (Å²) < 4.78 is 5.40. The van der Waals surface area contributed by atoms with Crippen molar-refractivity contribution in [1.29, 1.82) is 0 Å². The summed E-state index contributed by atoms with van der Waals surface area (Å²) in [6, 6.07) is 15.0. The first-order chi connectivity index (χ1) is 16.0. The first kappa shape index (κ1) is 23.4. The van der Waals surface area contributed by atoms with Crippen LogP contribution in [-0.2, 0) is 24.3 Å². The van der Waals surface area contributed by atoms with Crippen LogP contribution in [0.15, 0.2) is 58.5 Å². The molecule has 2 N–H and O–H groups in total. The van der Waals surface area contributed by atoms with Crippen molar-refractivity contribution in [1.82, 2.24) is 14.9 Å². The van der Waals surface area contributed by atoms with Gasteiger partial charge < -0.3 is 15.0 Å². The minimum Gasteiger partial charge on any atom is -0.494 e. The Morgan fingerprint density at radius 3 is 2.70 bits per heavy atom. The maximum atomic E-state index is 12.7. The number of aromatic amines is 1. The Bertz CT molecular complexity index is 1170. The van der Waals surface area contributed by atoms with E-state index in [1.165, 1.54) is 11.8 Å². The van der Waals surface area contributed by atoms with Gasteiger partial charge >= 0.3 is 0 Å². The van der Waals surface area contributed by atoms with Crippen molar-refractivity contribution in [3.63, 3.8) is 0 Å². The number of ether oxygens (including phenoxy) is 1. The molecule has 0 atom stereocenters. The maximum Gasteiger partial charge on any atom is 0.256 e. The van der Waals surface area contributed by atoms with Crippen LogP contribution in [0.2, 0.25) is 5.02 Å². The van der Waals surface area contributed by atoms with Crippen LogP contribution in [0.25, 0.3) is 0 Å². The SMILES string of the molecule is CCOc1ccc(NC(=O)CSc2nc3c(c(=O)[nH]2)CN(Cc2ccc(Cl)cc2)CC3)cc1. The molecule has 3 aromatic rings. The van der Waals surface area contributed by atoms with Gasteiger partial charge in [-0.05, 0) is 48.9 Å². The molecule has 0 unspecified atom stereocenters. The molecule has 9 heteroatoms. The third kappa shape index (κ3) is 6.37. The van der Waals surface area contributed by atoms with Gasteiger partial charge in [-0.1, -0.05) is 35.5 Å². The van der Waals surface area contributed by atoms with E-state index < -0.39 is 0 Å². The largest absolute Gasteiger partial charge is 0.494 e. The second-order valence-electron chi connectivity index (χ2n) is 7.68. The van der Waals surface area contributed by atoms with Gasteiger partial charge in [0.2, 0.25) is 5.91 Å². The number of thioether (sulfide) groups is 1. The van der Waals surface area contributed by atoms with Crippen molar-refractivity contribution in [2.24, 2.45) is 0 Å². The van der Waals surface area contributed by atoms with Gasteiger partial charge in [0.05, 0.1) is 23.6 Å². The van der Waals surface area contributed by atoms with Crippen LogP contribution in [0.1, 0.15) is 23.7 Å². The predicted molar refractivity (Wildman–Crippen MR) is 131 cm³/mol. The molecule has 0 bridgehead atoms. The van der Waals surface area contributed by atoms with Crippen LogP contribution in [-0.4, -0.2) is 39.7 Å². The first-order valence-electron chi connectivity index (χ1n) is 10.7. The van der Waals surface area contributed by atoms with Gasteiger partial charge in [-0.25, -0.2) is 4.98 Å². The summed E-state index contributed by atoms with van der Waals surface area (Å²) in [5.74, 6) is 0.739. The third-order valence-electron chi connectivity index (χ3n) is 5.23. The monoisotopic (exact) mass is 484 g/mol. The fourth-order valence-corrected chi connectivity index (χ4v) is 4.45. The van der Waals surface area contributed by atoms with Gasteiger partial charge in [0.1, 0.15) is 5.75 Å². The number of benzene rings is 2. The second-order valence-corrected chi connectivity index (χ2v) is 9.08. The maximum absolute atomic E-state index is 12.7. The predicted octanol–water partition coefficient (Wildman–Crippen LogP) is 4.11. The van der Waals surface area contributed by atoms with Crippen molar-refractivity contribution in [3.05, 3.63) is 80.7 Å². The van der Waals surface area contributed by atoms with Gasteiger partial charge in [0.15, 0.2) is 5.16 Å². The van der Waals surface area contributed by atoms with Gasteiger partial charge in [-0.2, -0.15) is 0 Å². The molecular weight excluding hydrogens is 460 g/mol. The number of amides is 1. The molecule has 33 heavy (non-hydrogen) atoms. The number of hydrogen-bond donors (Lipinski definition) is 2. The molecule has 1 aliphatic heterocycles. The summed E-state index contributed by atoms with van der Waals surface area (Å²) in [4.78, 5) is 34.6. The highest BCUT2D eigenvalue weighted by Gasteiger charge is 2.21. The van der Waals surface area contributed by atoms with E-state index in [4.69, 9.17) is 16.3 Å². The molecule has 1 amide bonds. The number of halogens is 1. The first-order valence-corrected chi connectivity index (χ1v) is 12.1.